The van der Waals surface area contributed by atoms with Crippen LogP contribution >= 0.6 is 11.3 Å². The lowest BCUT2D eigenvalue weighted by Gasteiger charge is -2.06. The number of hydrogen-bond donors (Lipinski definition) is 1. The highest BCUT2D eigenvalue weighted by atomic mass is 32.1. The van der Waals surface area contributed by atoms with Crippen molar-refractivity contribution in [2.75, 3.05) is 7.11 Å². The van der Waals surface area contributed by atoms with Gasteiger partial charge in [0.05, 0.1) is 17.7 Å². The van der Waals surface area contributed by atoms with Crippen molar-refractivity contribution in [3.05, 3.63) is 51.8 Å². The Labute approximate surface area is 156 Å². The van der Waals surface area contributed by atoms with Gasteiger partial charge in [0.1, 0.15) is 16.4 Å². The van der Waals surface area contributed by atoms with E-state index in [1.165, 1.54) is 24.2 Å². The largest absolute Gasteiger partial charge is 0.497 e. The summed E-state index contributed by atoms with van der Waals surface area (Å²) in [6, 6.07) is 7.71. The molecular formula is C20H21N3O2S. The van der Waals surface area contributed by atoms with Crippen LogP contribution in [0, 0.1) is 13.8 Å². The lowest BCUT2D eigenvalue weighted by atomic mass is 10.1. The number of amides is 1. The number of nitrogens with one attached hydrogen (secondary N) is 1. The number of hydrogen-bond acceptors (Lipinski definition) is 5. The summed E-state index contributed by atoms with van der Waals surface area (Å²) in [5, 5.41) is 4.02. The maximum atomic E-state index is 12.7. The number of aromatic nitrogens is 2. The molecule has 3 aromatic rings. The number of rotatable bonds is 5. The average molecular weight is 367 g/mol. The highest BCUT2D eigenvalue weighted by molar-refractivity contribution is 7.20. The van der Waals surface area contributed by atoms with Gasteiger partial charge in [0.25, 0.3) is 5.91 Å². The van der Waals surface area contributed by atoms with Gasteiger partial charge in [-0.3, -0.25) is 4.79 Å². The maximum Gasteiger partial charge on any atom is 0.261 e. The van der Waals surface area contributed by atoms with E-state index in [9.17, 15) is 4.79 Å². The summed E-state index contributed by atoms with van der Waals surface area (Å²) in [6.07, 6.45) is 2.34. The van der Waals surface area contributed by atoms with Crippen LogP contribution in [-0.2, 0) is 6.54 Å². The summed E-state index contributed by atoms with van der Waals surface area (Å²) in [5.74, 6) is 2.15. The third-order valence-corrected chi connectivity index (χ3v) is 5.91. The van der Waals surface area contributed by atoms with E-state index >= 15 is 0 Å². The molecule has 26 heavy (non-hydrogen) atoms. The fourth-order valence-electron chi connectivity index (χ4n) is 3.15. The number of aryl methyl sites for hydroxylation is 2. The van der Waals surface area contributed by atoms with Crippen molar-refractivity contribution in [2.24, 2.45) is 0 Å². The first kappa shape index (κ1) is 17.0. The topological polar surface area (TPSA) is 64.1 Å². The van der Waals surface area contributed by atoms with Crippen molar-refractivity contribution in [1.82, 2.24) is 15.3 Å². The molecule has 1 saturated carbocycles. The van der Waals surface area contributed by atoms with Crippen molar-refractivity contribution in [1.29, 1.82) is 0 Å². The number of carbonyl (C=O) groups is 1. The van der Waals surface area contributed by atoms with E-state index in [1.54, 1.807) is 7.11 Å². The van der Waals surface area contributed by atoms with Gasteiger partial charge in [0.2, 0.25) is 0 Å². The molecule has 1 aliphatic carbocycles. The van der Waals surface area contributed by atoms with E-state index in [1.807, 2.05) is 38.1 Å². The second-order valence-corrected chi connectivity index (χ2v) is 7.71. The normalized spacial score (nSPS) is 13.8. The summed E-state index contributed by atoms with van der Waals surface area (Å²) in [7, 11) is 1.64. The molecule has 6 heteroatoms. The smallest absolute Gasteiger partial charge is 0.261 e. The van der Waals surface area contributed by atoms with Crippen molar-refractivity contribution in [2.45, 2.75) is 39.2 Å². The molecule has 0 saturated heterocycles. The van der Waals surface area contributed by atoms with Crippen LogP contribution in [-0.4, -0.2) is 23.0 Å². The number of nitrogens with zero attached hydrogens (tertiary/aromatic N) is 2. The van der Waals surface area contributed by atoms with Crippen LogP contribution in [0.2, 0.25) is 0 Å². The maximum absolute atomic E-state index is 12.7. The Bertz CT molecular complexity index is 992. The van der Waals surface area contributed by atoms with E-state index in [-0.39, 0.29) is 5.91 Å². The van der Waals surface area contributed by atoms with Gasteiger partial charge in [-0.05, 0) is 49.9 Å². The van der Waals surface area contributed by atoms with E-state index in [0.717, 1.165) is 38.6 Å². The molecule has 4 rings (SSSR count). The van der Waals surface area contributed by atoms with E-state index in [0.29, 0.717) is 17.3 Å². The molecule has 1 aliphatic rings. The van der Waals surface area contributed by atoms with Crippen molar-refractivity contribution in [3.63, 3.8) is 0 Å². The molecule has 0 atom stereocenters. The monoisotopic (exact) mass is 367 g/mol. The van der Waals surface area contributed by atoms with Crippen LogP contribution < -0.4 is 10.1 Å². The minimum absolute atomic E-state index is 0.0688. The SMILES string of the molecule is COc1cccc(CNC(=O)c2sc3nc(C4CC4)nc(C)c3c2C)c1. The van der Waals surface area contributed by atoms with Gasteiger partial charge >= 0.3 is 0 Å². The quantitative estimate of drug-likeness (QED) is 0.737. The summed E-state index contributed by atoms with van der Waals surface area (Å²) in [5.41, 5.74) is 2.94. The summed E-state index contributed by atoms with van der Waals surface area (Å²) >= 11 is 1.46. The molecule has 0 spiro atoms. The van der Waals surface area contributed by atoms with Crippen LogP contribution in [0.3, 0.4) is 0 Å². The lowest BCUT2D eigenvalue weighted by molar-refractivity contribution is 0.0954. The predicted molar refractivity (Wildman–Crippen MR) is 103 cm³/mol. The Kier molecular flexibility index (Phi) is 4.36. The van der Waals surface area contributed by atoms with Crippen molar-refractivity contribution < 1.29 is 9.53 Å². The van der Waals surface area contributed by atoms with Crippen LogP contribution in [0.15, 0.2) is 24.3 Å². The van der Waals surface area contributed by atoms with Crippen LogP contribution in [0.25, 0.3) is 10.2 Å². The molecule has 0 bridgehead atoms. The van der Waals surface area contributed by atoms with Gasteiger partial charge in [-0.1, -0.05) is 12.1 Å². The number of methoxy groups -OCH3 is 1. The van der Waals surface area contributed by atoms with Crippen LogP contribution in [0.5, 0.6) is 5.75 Å². The molecule has 5 nitrogen and oxygen atoms in total. The minimum atomic E-state index is -0.0688. The summed E-state index contributed by atoms with van der Waals surface area (Å²) in [4.78, 5) is 23.7. The van der Waals surface area contributed by atoms with Crippen LogP contribution in [0.1, 0.15) is 51.1 Å². The fourth-order valence-corrected chi connectivity index (χ4v) is 4.30. The van der Waals surface area contributed by atoms with E-state index in [2.05, 4.69) is 10.3 Å². The Morgan fingerprint density at radius 3 is 2.85 bits per heavy atom. The molecule has 0 radical (unpaired) electrons. The molecular weight excluding hydrogens is 346 g/mol. The number of carbonyl (C=O) groups excluding carboxylic acids is 1. The third-order valence-electron chi connectivity index (χ3n) is 4.72. The molecule has 0 aliphatic heterocycles. The molecule has 1 fully saturated rings. The van der Waals surface area contributed by atoms with E-state index < -0.39 is 0 Å². The second kappa shape index (κ2) is 6.68. The van der Waals surface area contributed by atoms with Gasteiger partial charge in [0, 0.05) is 17.8 Å². The number of thiophene rings is 1. The van der Waals surface area contributed by atoms with Crippen molar-refractivity contribution in [3.8, 4) is 5.75 Å². The second-order valence-electron chi connectivity index (χ2n) is 6.71. The van der Waals surface area contributed by atoms with Gasteiger partial charge in [0.15, 0.2) is 0 Å². The molecule has 1 N–H and O–H groups in total. The zero-order valence-electron chi connectivity index (χ0n) is 15.1. The molecule has 0 unspecified atom stereocenters. The summed E-state index contributed by atoms with van der Waals surface area (Å²) < 4.78 is 5.23. The van der Waals surface area contributed by atoms with Crippen molar-refractivity contribution >= 4 is 27.5 Å². The molecule has 2 heterocycles. The highest BCUT2D eigenvalue weighted by Gasteiger charge is 2.28. The number of benzene rings is 1. The molecule has 2 aromatic heterocycles. The van der Waals surface area contributed by atoms with Gasteiger partial charge < -0.3 is 10.1 Å². The van der Waals surface area contributed by atoms with Gasteiger partial charge in [-0.2, -0.15) is 0 Å². The average Bonchev–Trinajstić information content (AvgIpc) is 3.44. The highest BCUT2D eigenvalue weighted by Crippen LogP contribution is 2.40. The van der Waals surface area contributed by atoms with Gasteiger partial charge in [-0.25, -0.2) is 9.97 Å². The molecule has 1 amide bonds. The lowest BCUT2D eigenvalue weighted by Crippen LogP contribution is -2.22. The Morgan fingerprint density at radius 1 is 1.31 bits per heavy atom. The van der Waals surface area contributed by atoms with E-state index in [4.69, 9.17) is 9.72 Å². The Hall–Kier alpha value is -2.47. The number of fused-ring (bicyclic) bond motifs is 1. The summed E-state index contributed by atoms with van der Waals surface area (Å²) in [6.45, 7) is 4.45. The zero-order valence-corrected chi connectivity index (χ0v) is 15.9. The van der Waals surface area contributed by atoms with Crippen LogP contribution in [0.4, 0.5) is 0 Å². The fraction of sp³-hybridized carbons (Fsp3) is 0.350. The first-order valence-corrected chi connectivity index (χ1v) is 9.57. The standard InChI is InChI=1S/C20H21N3O2S/c1-11-16-12(2)22-18(14-7-8-14)23-20(16)26-17(11)19(24)21-10-13-5-4-6-15(9-13)25-3/h4-6,9,14H,7-8,10H2,1-3H3,(H,21,24). The minimum Gasteiger partial charge on any atom is -0.497 e. The molecule has 134 valence electrons. The first-order valence-electron chi connectivity index (χ1n) is 8.75. The molecule has 1 aromatic carbocycles. The Balaban J connectivity index is 1.58. The Morgan fingerprint density at radius 2 is 2.12 bits per heavy atom. The third kappa shape index (κ3) is 3.17. The number of ether oxygens (including phenoxy) is 1. The first-order chi connectivity index (χ1) is 12.6. The predicted octanol–water partition coefficient (Wildman–Crippen LogP) is 4.12. The zero-order chi connectivity index (χ0) is 18.3. The van der Waals surface area contributed by atoms with Gasteiger partial charge in [-0.15, -0.1) is 11.3 Å².